The molecule has 2 amide bonds. The fraction of sp³-hybridized carbons (Fsp3) is 0.310. The maximum Gasteiger partial charge on any atom is 0.416 e. The highest BCUT2D eigenvalue weighted by atomic mass is 35.5. The summed E-state index contributed by atoms with van der Waals surface area (Å²) >= 11 is 7.20. The molecule has 0 bridgehead atoms. The van der Waals surface area contributed by atoms with Gasteiger partial charge in [-0.3, -0.25) is 9.36 Å². The van der Waals surface area contributed by atoms with Crippen molar-refractivity contribution in [3.8, 4) is 10.7 Å². The number of aromatic nitrogens is 3. The van der Waals surface area contributed by atoms with Gasteiger partial charge >= 0.3 is 18.0 Å². The Bertz CT molecular complexity index is 1710. The topological polar surface area (TPSA) is 107 Å². The summed E-state index contributed by atoms with van der Waals surface area (Å²) in [5.74, 6) is -1.17. The Balaban J connectivity index is 1.59. The number of benzene rings is 2. The third kappa shape index (κ3) is 8.26. The lowest BCUT2D eigenvalue weighted by atomic mass is 9.99. The number of carbonyl (C=O) groups is 2. The summed E-state index contributed by atoms with van der Waals surface area (Å²) in [7, 11) is 0. The predicted octanol–water partition coefficient (Wildman–Crippen LogP) is 6.02. The summed E-state index contributed by atoms with van der Waals surface area (Å²) in [4.78, 5) is 39.4. The normalized spacial score (nSPS) is 12.5. The van der Waals surface area contributed by atoms with Gasteiger partial charge in [-0.2, -0.15) is 13.2 Å². The molecule has 0 saturated heterocycles. The first kappa shape index (κ1) is 32.7. The number of alkyl carbamates (subject to hydrolysis) is 1. The minimum absolute atomic E-state index is 0.145. The number of hydrogen-bond donors (Lipinski definition) is 2. The summed E-state index contributed by atoms with van der Waals surface area (Å²) < 4.78 is 63.5. The van der Waals surface area contributed by atoms with E-state index in [1.807, 2.05) is 0 Å². The molecule has 9 nitrogen and oxygen atoms in total. The molecule has 2 aromatic carbocycles. The molecule has 0 spiro atoms. The number of halogens is 5. The van der Waals surface area contributed by atoms with E-state index in [0.717, 1.165) is 22.1 Å². The molecule has 0 aliphatic heterocycles. The van der Waals surface area contributed by atoms with Gasteiger partial charge in [0, 0.05) is 12.1 Å². The van der Waals surface area contributed by atoms with Crippen molar-refractivity contribution < 1.29 is 31.9 Å². The van der Waals surface area contributed by atoms with Crippen LogP contribution in [0.4, 0.5) is 22.4 Å². The van der Waals surface area contributed by atoms with Gasteiger partial charge < -0.3 is 15.4 Å². The maximum absolute atomic E-state index is 14.4. The van der Waals surface area contributed by atoms with E-state index in [9.17, 15) is 31.9 Å². The summed E-state index contributed by atoms with van der Waals surface area (Å²) in [5, 5.41) is 9.14. The smallest absolute Gasteiger partial charge is 0.416 e. The van der Waals surface area contributed by atoms with E-state index in [4.69, 9.17) is 16.3 Å². The molecule has 234 valence electrons. The van der Waals surface area contributed by atoms with Crippen molar-refractivity contribution in [3.63, 3.8) is 0 Å². The average Bonchev–Trinajstić information content (AvgIpc) is 3.49. The number of nitrogens with one attached hydrogen (secondary N) is 2. The Kier molecular flexibility index (Phi) is 9.84. The van der Waals surface area contributed by atoms with Crippen LogP contribution in [0.3, 0.4) is 0 Å². The molecule has 0 radical (unpaired) electrons. The first-order valence-electron chi connectivity index (χ1n) is 13.2. The molecule has 4 aromatic rings. The van der Waals surface area contributed by atoms with Gasteiger partial charge in [0.25, 0.3) is 0 Å². The Morgan fingerprint density at radius 2 is 1.73 bits per heavy atom. The second kappa shape index (κ2) is 13.2. The Labute approximate surface area is 258 Å². The minimum Gasteiger partial charge on any atom is -0.444 e. The predicted molar refractivity (Wildman–Crippen MR) is 157 cm³/mol. The van der Waals surface area contributed by atoms with Crippen LogP contribution in [0.15, 0.2) is 65.5 Å². The number of nitrogens with zero attached hydrogens (tertiary/aromatic N) is 3. The zero-order valence-corrected chi connectivity index (χ0v) is 25.3. The van der Waals surface area contributed by atoms with E-state index in [1.54, 1.807) is 39.0 Å². The molecule has 44 heavy (non-hydrogen) atoms. The molecule has 0 aliphatic rings. The van der Waals surface area contributed by atoms with E-state index in [1.165, 1.54) is 41.0 Å². The maximum atomic E-state index is 14.4. The molecule has 0 fully saturated rings. The average molecular weight is 654 g/mol. The monoisotopic (exact) mass is 653 g/mol. The molecule has 1 unspecified atom stereocenters. The van der Waals surface area contributed by atoms with Crippen LogP contribution in [-0.2, 0) is 28.8 Å². The molecule has 15 heteroatoms. The van der Waals surface area contributed by atoms with E-state index in [-0.39, 0.29) is 23.5 Å². The molecule has 2 aromatic heterocycles. The Morgan fingerprint density at radius 1 is 1.05 bits per heavy atom. The van der Waals surface area contributed by atoms with E-state index in [2.05, 4.69) is 15.7 Å². The SMILES string of the molecule is CC(C)(C)OC(=O)NC(CNC(=O)Cn1nc(-c2ccc(Cl)s2)n(Cc2ccccc2F)c1=O)c1ccccc1C(F)(F)F. The van der Waals surface area contributed by atoms with Crippen molar-refractivity contribution in [3.05, 3.63) is 98.0 Å². The fourth-order valence-corrected chi connectivity index (χ4v) is 5.29. The number of ether oxygens (including phenoxy) is 1. The van der Waals surface area contributed by atoms with Gasteiger partial charge in [-0.25, -0.2) is 18.7 Å². The Morgan fingerprint density at radius 3 is 2.36 bits per heavy atom. The van der Waals surface area contributed by atoms with Gasteiger partial charge in [-0.15, -0.1) is 16.4 Å². The van der Waals surface area contributed by atoms with Crippen LogP contribution >= 0.6 is 22.9 Å². The van der Waals surface area contributed by atoms with Crippen LogP contribution in [0.25, 0.3) is 10.7 Å². The molecule has 2 heterocycles. The van der Waals surface area contributed by atoms with Crippen molar-refractivity contribution in [1.29, 1.82) is 0 Å². The van der Waals surface area contributed by atoms with Gasteiger partial charge in [0.1, 0.15) is 18.0 Å². The Hall–Kier alpha value is -4.17. The lowest BCUT2D eigenvalue weighted by Crippen LogP contribution is -2.42. The molecule has 1 atom stereocenters. The number of thiophene rings is 1. The molecule has 0 aliphatic carbocycles. The van der Waals surface area contributed by atoms with Crippen LogP contribution in [0, 0.1) is 5.82 Å². The van der Waals surface area contributed by atoms with Crippen LogP contribution in [0.2, 0.25) is 4.34 Å². The van der Waals surface area contributed by atoms with Crippen LogP contribution < -0.4 is 16.3 Å². The highest BCUT2D eigenvalue weighted by Gasteiger charge is 2.36. The second-order valence-corrected chi connectivity index (χ2v) is 12.3. The highest BCUT2D eigenvalue weighted by molar-refractivity contribution is 7.19. The highest BCUT2D eigenvalue weighted by Crippen LogP contribution is 2.34. The van der Waals surface area contributed by atoms with Crippen molar-refractivity contribution in [1.82, 2.24) is 25.0 Å². The van der Waals surface area contributed by atoms with Crippen molar-refractivity contribution >= 4 is 34.9 Å². The van der Waals surface area contributed by atoms with E-state index in [0.29, 0.717) is 9.21 Å². The molecular weight excluding hydrogens is 626 g/mol. The number of carbonyl (C=O) groups excluding carboxylic acids is 2. The van der Waals surface area contributed by atoms with Crippen LogP contribution in [0.1, 0.15) is 43.5 Å². The van der Waals surface area contributed by atoms with Crippen molar-refractivity contribution in [2.24, 2.45) is 0 Å². The zero-order chi connectivity index (χ0) is 32.2. The van der Waals surface area contributed by atoms with Crippen LogP contribution in [-0.4, -0.2) is 38.5 Å². The van der Waals surface area contributed by atoms with Gasteiger partial charge in [0.2, 0.25) is 5.91 Å². The third-order valence-electron chi connectivity index (χ3n) is 6.13. The largest absolute Gasteiger partial charge is 0.444 e. The first-order valence-corrected chi connectivity index (χ1v) is 14.4. The third-order valence-corrected chi connectivity index (χ3v) is 7.36. The van der Waals surface area contributed by atoms with Crippen molar-refractivity contribution in [2.75, 3.05) is 6.54 Å². The lowest BCUT2D eigenvalue weighted by molar-refractivity contribution is -0.138. The summed E-state index contributed by atoms with van der Waals surface area (Å²) in [5.41, 5.74) is -2.75. The van der Waals surface area contributed by atoms with Gasteiger partial charge in [0.05, 0.1) is 27.4 Å². The minimum atomic E-state index is -4.74. The lowest BCUT2D eigenvalue weighted by Gasteiger charge is -2.26. The van der Waals surface area contributed by atoms with E-state index < -0.39 is 60.0 Å². The quantitative estimate of drug-likeness (QED) is 0.215. The summed E-state index contributed by atoms with van der Waals surface area (Å²) in [6, 6.07) is 12.4. The first-order chi connectivity index (χ1) is 20.6. The zero-order valence-electron chi connectivity index (χ0n) is 23.7. The standard InChI is InChI=1S/C29H28ClF4N5O4S/c1-28(2,3)43-26(41)36-21(18-9-5-6-10-19(18)29(32,33)34)14-35-24(40)16-39-27(42)38(15-17-8-4-7-11-20(17)31)25(37-39)22-12-13-23(30)44-22/h4-13,21H,14-16H2,1-3H3,(H,35,40)(H,36,41). The summed E-state index contributed by atoms with van der Waals surface area (Å²) in [6.07, 6.45) is -5.73. The number of alkyl halides is 3. The van der Waals surface area contributed by atoms with E-state index >= 15 is 0 Å². The van der Waals surface area contributed by atoms with Crippen molar-refractivity contribution in [2.45, 2.75) is 51.7 Å². The van der Waals surface area contributed by atoms with Gasteiger partial charge in [-0.1, -0.05) is 48.0 Å². The molecular formula is C29H28ClF4N5O4S. The molecule has 0 saturated carbocycles. The summed E-state index contributed by atoms with van der Waals surface area (Å²) in [6.45, 7) is 3.50. The van der Waals surface area contributed by atoms with Crippen LogP contribution in [0.5, 0.6) is 0 Å². The number of hydrogen-bond acceptors (Lipinski definition) is 6. The molecule has 4 rings (SSSR count). The molecule has 2 N–H and O–H groups in total. The fourth-order valence-electron chi connectivity index (χ4n) is 4.26. The number of amides is 2. The second-order valence-electron chi connectivity index (χ2n) is 10.6. The van der Waals surface area contributed by atoms with Gasteiger partial charge in [0.15, 0.2) is 5.82 Å². The number of rotatable bonds is 9. The van der Waals surface area contributed by atoms with Gasteiger partial charge in [-0.05, 0) is 50.6 Å².